The van der Waals surface area contributed by atoms with Gasteiger partial charge in [-0.1, -0.05) is 31.5 Å². The van der Waals surface area contributed by atoms with E-state index in [1.165, 1.54) is 0 Å². The van der Waals surface area contributed by atoms with E-state index >= 15 is 0 Å². The maximum atomic E-state index is 12.8. The van der Waals surface area contributed by atoms with Crippen LogP contribution in [0.1, 0.15) is 46.5 Å². The highest BCUT2D eigenvalue weighted by Gasteiger charge is 2.32. The molecular weight excluding hydrogens is 260 g/mol. The van der Waals surface area contributed by atoms with Gasteiger partial charge in [-0.05, 0) is 43.7 Å². The summed E-state index contributed by atoms with van der Waals surface area (Å²) in [6.07, 6.45) is 0. The Labute approximate surface area is 125 Å². The van der Waals surface area contributed by atoms with Crippen molar-refractivity contribution < 1.29 is 9.53 Å². The van der Waals surface area contributed by atoms with Crippen LogP contribution in [0.25, 0.3) is 0 Å². The topological polar surface area (TPSA) is 26.3 Å². The third kappa shape index (κ3) is 2.35. The Bertz CT molecular complexity index is 726. The third-order valence-electron chi connectivity index (χ3n) is 4.20. The van der Waals surface area contributed by atoms with E-state index in [-0.39, 0.29) is 11.2 Å². The van der Waals surface area contributed by atoms with Crippen molar-refractivity contribution in [1.29, 1.82) is 0 Å². The maximum Gasteiger partial charge on any atom is 0.193 e. The number of carbonyl (C=O) groups is 1. The fourth-order valence-corrected chi connectivity index (χ4v) is 2.80. The van der Waals surface area contributed by atoms with E-state index < -0.39 is 0 Å². The van der Waals surface area contributed by atoms with Gasteiger partial charge in [-0.3, -0.25) is 4.79 Å². The van der Waals surface area contributed by atoms with E-state index in [0.29, 0.717) is 6.61 Å². The van der Waals surface area contributed by atoms with Crippen LogP contribution >= 0.6 is 0 Å². The molecule has 0 radical (unpaired) electrons. The smallest absolute Gasteiger partial charge is 0.193 e. The molecule has 3 rings (SSSR count). The summed E-state index contributed by atoms with van der Waals surface area (Å²) >= 11 is 0. The highest BCUT2D eigenvalue weighted by molar-refractivity contribution is 6.10. The zero-order valence-electron chi connectivity index (χ0n) is 13.0. The van der Waals surface area contributed by atoms with E-state index in [9.17, 15) is 4.79 Å². The van der Waals surface area contributed by atoms with E-state index in [2.05, 4.69) is 13.8 Å². The van der Waals surface area contributed by atoms with E-state index in [4.69, 9.17) is 4.74 Å². The first-order valence-electron chi connectivity index (χ1n) is 7.28. The van der Waals surface area contributed by atoms with Crippen molar-refractivity contribution in [2.45, 2.75) is 33.1 Å². The number of benzene rings is 2. The Morgan fingerprint density at radius 2 is 1.86 bits per heavy atom. The van der Waals surface area contributed by atoms with Gasteiger partial charge in [0.25, 0.3) is 0 Å². The predicted molar refractivity (Wildman–Crippen MR) is 84.3 cm³/mol. The van der Waals surface area contributed by atoms with E-state index in [1.807, 2.05) is 50.2 Å². The summed E-state index contributed by atoms with van der Waals surface area (Å²) in [4.78, 5) is 12.8. The lowest BCUT2D eigenvalue weighted by Gasteiger charge is -2.16. The molecule has 0 spiro atoms. The Kier molecular flexibility index (Phi) is 3.12. The molecule has 0 atom stereocenters. The molecule has 0 aromatic heterocycles. The lowest BCUT2D eigenvalue weighted by molar-refractivity contribution is 0.103. The lowest BCUT2D eigenvalue weighted by atomic mass is 9.85. The minimum absolute atomic E-state index is 0.0345. The van der Waals surface area contributed by atoms with Gasteiger partial charge in [-0.2, -0.15) is 0 Å². The van der Waals surface area contributed by atoms with Crippen LogP contribution in [0.3, 0.4) is 0 Å². The average molecular weight is 280 g/mol. The van der Waals surface area contributed by atoms with Gasteiger partial charge < -0.3 is 4.74 Å². The van der Waals surface area contributed by atoms with Crippen molar-refractivity contribution in [2.75, 3.05) is 6.61 Å². The van der Waals surface area contributed by atoms with Gasteiger partial charge in [0, 0.05) is 22.1 Å². The van der Waals surface area contributed by atoms with Crippen LogP contribution in [0.2, 0.25) is 0 Å². The van der Waals surface area contributed by atoms with Crippen LogP contribution in [0, 0.1) is 13.8 Å². The summed E-state index contributed by atoms with van der Waals surface area (Å²) in [6, 6.07) is 11.8. The second kappa shape index (κ2) is 4.73. The summed E-state index contributed by atoms with van der Waals surface area (Å²) in [5, 5.41) is 0. The molecule has 1 aliphatic heterocycles. The van der Waals surface area contributed by atoms with Crippen LogP contribution in [-0.4, -0.2) is 12.4 Å². The largest absolute Gasteiger partial charge is 0.492 e. The van der Waals surface area contributed by atoms with Gasteiger partial charge in [-0.15, -0.1) is 0 Å². The molecule has 0 N–H and O–H groups in total. The molecule has 2 aromatic carbocycles. The van der Waals surface area contributed by atoms with E-state index in [0.717, 1.165) is 33.6 Å². The summed E-state index contributed by atoms with van der Waals surface area (Å²) in [5.74, 6) is 0.985. The molecule has 0 unspecified atom stereocenters. The molecule has 0 saturated carbocycles. The summed E-state index contributed by atoms with van der Waals surface area (Å²) in [5.41, 5.74) is 4.73. The molecule has 108 valence electrons. The number of carbonyl (C=O) groups excluding carboxylic acids is 1. The standard InChI is InChI=1S/C19H20O2/c1-12-5-6-13(2)15(9-12)18(20)14-7-8-17-16(10-14)19(3,4)11-21-17/h5-10H,11H2,1-4H3. The second-order valence-electron chi connectivity index (χ2n) is 6.53. The molecule has 1 aliphatic rings. The maximum absolute atomic E-state index is 12.8. The molecule has 0 amide bonds. The van der Waals surface area contributed by atoms with Crippen LogP contribution < -0.4 is 4.74 Å². The van der Waals surface area contributed by atoms with Crippen molar-refractivity contribution in [3.8, 4) is 5.75 Å². The monoisotopic (exact) mass is 280 g/mol. The number of ketones is 1. The molecular formula is C19H20O2. The molecule has 1 heterocycles. The van der Waals surface area contributed by atoms with Crippen molar-refractivity contribution >= 4 is 5.78 Å². The minimum Gasteiger partial charge on any atom is -0.492 e. The van der Waals surface area contributed by atoms with Gasteiger partial charge in [0.05, 0.1) is 6.61 Å². The molecule has 0 bridgehead atoms. The van der Waals surface area contributed by atoms with Crippen molar-refractivity contribution in [3.63, 3.8) is 0 Å². The first-order valence-corrected chi connectivity index (χ1v) is 7.28. The Hall–Kier alpha value is -2.09. The van der Waals surface area contributed by atoms with Gasteiger partial charge in [0.2, 0.25) is 0 Å². The predicted octanol–water partition coefficient (Wildman–Crippen LogP) is 4.20. The Morgan fingerprint density at radius 3 is 2.62 bits per heavy atom. The van der Waals surface area contributed by atoms with Crippen LogP contribution in [0.15, 0.2) is 36.4 Å². The SMILES string of the molecule is Cc1ccc(C)c(C(=O)c2ccc3c(c2)C(C)(C)CO3)c1. The molecule has 2 heteroatoms. The molecule has 2 nitrogen and oxygen atoms in total. The fourth-order valence-electron chi connectivity index (χ4n) is 2.80. The molecule has 2 aromatic rings. The fraction of sp³-hybridized carbons (Fsp3) is 0.316. The average Bonchev–Trinajstić information content (AvgIpc) is 2.76. The Balaban J connectivity index is 2.06. The summed E-state index contributed by atoms with van der Waals surface area (Å²) < 4.78 is 5.69. The van der Waals surface area contributed by atoms with Crippen LogP contribution in [0.4, 0.5) is 0 Å². The highest BCUT2D eigenvalue weighted by atomic mass is 16.5. The van der Waals surface area contributed by atoms with Gasteiger partial charge in [0.15, 0.2) is 5.78 Å². The summed E-state index contributed by atoms with van der Waals surface area (Å²) in [7, 11) is 0. The second-order valence-corrected chi connectivity index (χ2v) is 6.53. The molecule has 21 heavy (non-hydrogen) atoms. The number of aryl methyl sites for hydroxylation is 2. The zero-order valence-corrected chi connectivity index (χ0v) is 13.0. The van der Waals surface area contributed by atoms with Gasteiger partial charge in [0.1, 0.15) is 5.75 Å². The normalized spacial score (nSPS) is 15.4. The minimum atomic E-state index is -0.0345. The van der Waals surface area contributed by atoms with Gasteiger partial charge in [-0.25, -0.2) is 0 Å². The summed E-state index contributed by atoms with van der Waals surface area (Å²) in [6.45, 7) is 8.95. The lowest BCUT2D eigenvalue weighted by Crippen LogP contribution is -2.18. The number of ether oxygens (including phenoxy) is 1. The Morgan fingerprint density at radius 1 is 1.10 bits per heavy atom. The first-order chi connectivity index (χ1) is 9.88. The molecule has 0 aliphatic carbocycles. The van der Waals surface area contributed by atoms with Crippen molar-refractivity contribution in [1.82, 2.24) is 0 Å². The first kappa shape index (κ1) is 13.9. The number of rotatable bonds is 2. The molecule has 0 fully saturated rings. The van der Waals surface area contributed by atoms with Crippen molar-refractivity contribution in [2.24, 2.45) is 0 Å². The number of hydrogen-bond donors (Lipinski definition) is 0. The number of fused-ring (bicyclic) bond motifs is 1. The number of hydrogen-bond acceptors (Lipinski definition) is 2. The van der Waals surface area contributed by atoms with Gasteiger partial charge >= 0.3 is 0 Å². The highest BCUT2D eigenvalue weighted by Crippen LogP contribution is 2.39. The van der Waals surface area contributed by atoms with E-state index in [1.54, 1.807) is 0 Å². The van der Waals surface area contributed by atoms with Crippen LogP contribution in [-0.2, 0) is 5.41 Å². The van der Waals surface area contributed by atoms with Crippen molar-refractivity contribution in [3.05, 3.63) is 64.2 Å². The molecule has 0 saturated heterocycles. The third-order valence-corrected chi connectivity index (χ3v) is 4.20. The van der Waals surface area contributed by atoms with Crippen LogP contribution in [0.5, 0.6) is 5.75 Å². The quantitative estimate of drug-likeness (QED) is 0.770. The zero-order chi connectivity index (χ0) is 15.2.